The number of alkyl halides is 3. The van der Waals surface area contributed by atoms with Crippen molar-refractivity contribution >= 4 is 5.52 Å². The van der Waals surface area contributed by atoms with Gasteiger partial charge in [-0.2, -0.15) is 13.2 Å². The number of imidazole rings is 2. The highest BCUT2D eigenvalue weighted by atomic mass is 19.4. The standard InChI is InChI=1S/C28H28F3N7O2/c1-35-17-33-34-26(35)24(18-5-3-6-18)19-7-4-8-21(13-19)37-16-23-22(28(29,30)31)14-20(15-38(23)27(37)39)25-32-9-10-36(25)11-12-40-2/h4,7-10,13-18,24H,3,5-6,11-12H2,1-2H3/t24-/m1/s1. The second kappa shape index (κ2) is 10.1. The van der Waals surface area contributed by atoms with Crippen molar-refractivity contribution < 1.29 is 17.9 Å². The van der Waals surface area contributed by atoms with E-state index in [-0.39, 0.29) is 17.0 Å². The lowest BCUT2D eigenvalue weighted by atomic mass is 9.72. The highest BCUT2D eigenvalue weighted by Gasteiger charge is 2.36. The molecule has 5 aromatic rings. The van der Waals surface area contributed by atoms with E-state index in [9.17, 15) is 18.0 Å². The third-order valence-corrected chi connectivity index (χ3v) is 7.74. The van der Waals surface area contributed by atoms with Gasteiger partial charge in [-0.25, -0.2) is 9.78 Å². The first-order chi connectivity index (χ1) is 19.3. The number of aryl methyl sites for hydroxylation is 1. The summed E-state index contributed by atoms with van der Waals surface area (Å²) in [6.45, 7) is 0.766. The summed E-state index contributed by atoms with van der Waals surface area (Å²) >= 11 is 0. The van der Waals surface area contributed by atoms with Gasteiger partial charge in [0.2, 0.25) is 0 Å². The van der Waals surface area contributed by atoms with Crippen LogP contribution in [0.4, 0.5) is 13.2 Å². The number of fused-ring (bicyclic) bond motifs is 1. The van der Waals surface area contributed by atoms with Gasteiger partial charge >= 0.3 is 11.9 Å². The van der Waals surface area contributed by atoms with E-state index in [0.29, 0.717) is 30.6 Å². The molecule has 4 aromatic heterocycles. The van der Waals surface area contributed by atoms with Crippen molar-refractivity contribution in [1.82, 2.24) is 33.3 Å². The first-order valence-corrected chi connectivity index (χ1v) is 13.1. The number of hydrogen-bond donors (Lipinski definition) is 0. The zero-order valence-electron chi connectivity index (χ0n) is 22.0. The molecule has 0 radical (unpaired) electrons. The van der Waals surface area contributed by atoms with Gasteiger partial charge in [0.25, 0.3) is 0 Å². The number of aromatic nitrogens is 7. The molecule has 1 aromatic carbocycles. The fourth-order valence-corrected chi connectivity index (χ4v) is 5.51. The summed E-state index contributed by atoms with van der Waals surface area (Å²) in [6, 6.07) is 8.43. The molecule has 0 amide bonds. The molecular formula is C28H28F3N7O2. The fourth-order valence-electron chi connectivity index (χ4n) is 5.51. The maximum absolute atomic E-state index is 14.3. The monoisotopic (exact) mass is 551 g/mol. The topological polar surface area (TPSA) is 84.2 Å². The summed E-state index contributed by atoms with van der Waals surface area (Å²) < 4.78 is 53.9. The Morgan fingerprint density at radius 3 is 2.67 bits per heavy atom. The van der Waals surface area contributed by atoms with E-state index in [0.717, 1.165) is 41.1 Å². The van der Waals surface area contributed by atoms with Gasteiger partial charge in [-0.3, -0.25) is 8.97 Å². The van der Waals surface area contributed by atoms with Crippen molar-refractivity contribution in [2.45, 2.75) is 37.9 Å². The maximum Gasteiger partial charge on any atom is 0.418 e. The van der Waals surface area contributed by atoms with Crippen LogP contribution in [0.3, 0.4) is 0 Å². The Kier molecular flexibility index (Phi) is 6.57. The van der Waals surface area contributed by atoms with Crippen LogP contribution in [0.5, 0.6) is 0 Å². The molecule has 208 valence electrons. The van der Waals surface area contributed by atoms with Gasteiger partial charge in [0, 0.05) is 57.0 Å². The summed E-state index contributed by atoms with van der Waals surface area (Å²) in [5.74, 6) is 1.49. The number of pyridine rings is 1. The van der Waals surface area contributed by atoms with Crippen molar-refractivity contribution in [3.8, 4) is 17.1 Å². The minimum absolute atomic E-state index is 0.0303. The number of nitrogens with zero attached hydrogens (tertiary/aromatic N) is 7. The van der Waals surface area contributed by atoms with Crippen molar-refractivity contribution in [3.63, 3.8) is 0 Å². The average Bonchev–Trinajstić information content (AvgIpc) is 3.63. The lowest BCUT2D eigenvalue weighted by molar-refractivity contribution is -0.136. The number of benzene rings is 1. The van der Waals surface area contributed by atoms with Crippen LogP contribution in [0.25, 0.3) is 22.6 Å². The van der Waals surface area contributed by atoms with Crippen molar-refractivity contribution in [1.29, 1.82) is 0 Å². The molecule has 4 heterocycles. The van der Waals surface area contributed by atoms with E-state index in [4.69, 9.17) is 4.74 Å². The molecule has 0 unspecified atom stereocenters. The molecule has 1 aliphatic rings. The van der Waals surface area contributed by atoms with Crippen LogP contribution in [0, 0.1) is 5.92 Å². The predicted octanol–water partition coefficient (Wildman–Crippen LogP) is 4.68. The zero-order valence-corrected chi connectivity index (χ0v) is 22.0. The molecule has 12 heteroatoms. The summed E-state index contributed by atoms with van der Waals surface area (Å²) in [7, 11) is 3.44. The molecule has 0 bridgehead atoms. The molecule has 0 N–H and O–H groups in total. The van der Waals surface area contributed by atoms with Gasteiger partial charge < -0.3 is 13.9 Å². The number of halogens is 3. The van der Waals surface area contributed by atoms with Crippen molar-refractivity contribution in [3.05, 3.63) is 88.9 Å². The Balaban J connectivity index is 1.48. The third kappa shape index (κ3) is 4.51. The molecule has 0 spiro atoms. The summed E-state index contributed by atoms with van der Waals surface area (Å²) in [5.41, 5.74) is -0.142. The van der Waals surface area contributed by atoms with Gasteiger partial charge in [0.15, 0.2) is 0 Å². The molecule has 9 nitrogen and oxygen atoms in total. The third-order valence-electron chi connectivity index (χ3n) is 7.74. The van der Waals surface area contributed by atoms with E-state index in [1.54, 1.807) is 30.3 Å². The van der Waals surface area contributed by atoms with Crippen molar-refractivity contribution in [2.75, 3.05) is 13.7 Å². The molecular weight excluding hydrogens is 523 g/mol. The normalized spacial score (nSPS) is 15.0. The Bertz CT molecular complexity index is 1730. The molecule has 1 aliphatic carbocycles. The Labute approximate surface area is 227 Å². The van der Waals surface area contributed by atoms with Gasteiger partial charge in [-0.1, -0.05) is 18.6 Å². The quantitative estimate of drug-likeness (QED) is 0.280. The molecule has 6 rings (SSSR count). The Hall–Kier alpha value is -4.19. The largest absolute Gasteiger partial charge is 0.418 e. The number of rotatable bonds is 8. The van der Waals surface area contributed by atoms with Gasteiger partial charge in [-0.05, 0) is 42.5 Å². The van der Waals surface area contributed by atoms with Gasteiger partial charge in [0.05, 0.1) is 23.4 Å². The van der Waals surface area contributed by atoms with E-state index in [1.165, 1.54) is 23.2 Å². The minimum Gasteiger partial charge on any atom is -0.383 e. The molecule has 0 aliphatic heterocycles. The summed E-state index contributed by atoms with van der Waals surface area (Å²) in [5, 5.41) is 8.40. The number of methoxy groups -OCH3 is 1. The number of ether oxygens (including phenoxy) is 1. The average molecular weight is 552 g/mol. The second-order valence-corrected chi connectivity index (χ2v) is 10.2. The molecule has 1 fully saturated rings. The van der Waals surface area contributed by atoms with Crippen LogP contribution in [-0.4, -0.2) is 47.0 Å². The lowest BCUT2D eigenvalue weighted by Gasteiger charge is -2.33. The van der Waals surface area contributed by atoms with Crippen LogP contribution >= 0.6 is 0 Å². The maximum atomic E-state index is 14.3. The van der Waals surface area contributed by atoms with E-state index in [1.807, 2.05) is 29.8 Å². The Morgan fingerprint density at radius 1 is 1.18 bits per heavy atom. The summed E-state index contributed by atoms with van der Waals surface area (Å²) in [6.07, 6.45) is 6.06. The predicted molar refractivity (Wildman–Crippen MR) is 141 cm³/mol. The molecule has 40 heavy (non-hydrogen) atoms. The van der Waals surface area contributed by atoms with E-state index < -0.39 is 17.4 Å². The molecule has 0 saturated heterocycles. The molecule has 1 atom stereocenters. The second-order valence-electron chi connectivity index (χ2n) is 10.2. The van der Waals surface area contributed by atoms with Crippen LogP contribution in [-0.2, 0) is 24.5 Å². The first kappa shape index (κ1) is 26.1. The summed E-state index contributed by atoms with van der Waals surface area (Å²) in [4.78, 5) is 17.9. The minimum atomic E-state index is -4.69. The van der Waals surface area contributed by atoms with Gasteiger partial charge in [-0.15, -0.1) is 10.2 Å². The van der Waals surface area contributed by atoms with Crippen LogP contribution < -0.4 is 5.69 Å². The Morgan fingerprint density at radius 2 is 2.00 bits per heavy atom. The van der Waals surface area contributed by atoms with Gasteiger partial charge in [0.1, 0.15) is 18.0 Å². The highest BCUT2D eigenvalue weighted by molar-refractivity contribution is 5.66. The lowest BCUT2D eigenvalue weighted by Crippen LogP contribution is -2.24. The smallest absolute Gasteiger partial charge is 0.383 e. The van der Waals surface area contributed by atoms with Crippen LogP contribution in [0.2, 0.25) is 0 Å². The SMILES string of the molecule is COCCn1ccnc1-c1cc(C(F)(F)F)c2cn(-c3cccc([C@H](c4nncn4C)C4CCC4)c3)c(=O)n2c1. The first-order valence-electron chi connectivity index (χ1n) is 13.1. The highest BCUT2D eigenvalue weighted by Crippen LogP contribution is 2.43. The fraction of sp³-hybridized carbons (Fsp3) is 0.357. The van der Waals surface area contributed by atoms with E-state index in [2.05, 4.69) is 15.2 Å². The zero-order chi connectivity index (χ0) is 28.0. The number of hydrogen-bond acceptors (Lipinski definition) is 5. The van der Waals surface area contributed by atoms with Crippen LogP contribution in [0.1, 0.15) is 42.1 Å². The van der Waals surface area contributed by atoms with Crippen molar-refractivity contribution in [2.24, 2.45) is 13.0 Å². The molecule has 1 saturated carbocycles. The van der Waals surface area contributed by atoms with Crippen LogP contribution in [0.15, 0.2) is 66.2 Å². The van der Waals surface area contributed by atoms with E-state index >= 15 is 0 Å².